The minimum atomic E-state index is -3.96. The van der Waals surface area contributed by atoms with Crippen LogP contribution in [-0.2, 0) is 10.0 Å². The van der Waals surface area contributed by atoms with Gasteiger partial charge in [-0.2, -0.15) is 0 Å². The number of hydrogen-bond acceptors (Lipinski definition) is 5. The van der Waals surface area contributed by atoms with Crippen molar-refractivity contribution in [3.8, 4) is 5.75 Å². The molecular weight excluding hydrogens is 332 g/mol. The van der Waals surface area contributed by atoms with Crippen molar-refractivity contribution in [2.24, 2.45) is 0 Å². The van der Waals surface area contributed by atoms with E-state index in [4.69, 9.17) is 4.74 Å². The van der Waals surface area contributed by atoms with Crippen molar-refractivity contribution in [3.63, 3.8) is 0 Å². The van der Waals surface area contributed by atoms with Crippen LogP contribution in [0.25, 0.3) is 0 Å². The van der Waals surface area contributed by atoms with Gasteiger partial charge in [0.2, 0.25) is 0 Å². The molecule has 0 spiro atoms. The molecule has 2 rings (SSSR count). The number of ether oxygens (including phenoxy) is 1. The molecular formula is C16H18N2O5S. The molecule has 8 heteroatoms. The van der Waals surface area contributed by atoms with E-state index in [1.807, 2.05) is 6.92 Å². The summed E-state index contributed by atoms with van der Waals surface area (Å²) in [6.07, 6.45) is 0. The molecule has 0 aromatic heterocycles. The molecule has 0 aliphatic carbocycles. The lowest BCUT2D eigenvalue weighted by Gasteiger charge is -2.13. The first-order valence-corrected chi connectivity index (χ1v) is 8.74. The molecule has 0 unspecified atom stereocenters. The second-order valence-corrected chi connectivity index (χ2v) is 6.86. The highest BCUT2D eigenvalue weighted by Crippen LogP contribution is 2.27. The zero-order valence-corrected chi connectivity index (χ0v) is 14.4. The maximum absolute atomic E-state index is 12.6. The van der Waals surface area contributed by atoms with Gasteiger partial charge in [0.05, 0.1) is 22.1 Å². The number of hydrogen-bond donors (Lipinski definition) is 1. The lowest BCUT2D eigenvalue weighted by Crippen LogP contribution is -2.15. The summed E-state index contributed by atoms with van der Waals surface area (Å²) in [5.41, 5.74) is 1.06. The third kappa shape index (κ3) is 3.83. The number of nitro groups is 1. The van der Waals surface area contributed by atoms with Gasteiger partial charge in [-0.15, -0.1) is 0 Å². The van der Waals surface area contributed by atoms with Gasteiger partial charge >= 0.3 is 0 Å². The Labute approximate surface area is 140 Å². The van der Waals surface area contributed by atoms with Gasteiger partial charge in [-0.1, -0.05) is 6.07 Å². The van der Waals surface area contributed by atoms with Crippen LogP contribution >= 0.6 is 0 Å². The van der Waals surface area contributed by atoms with E-state index in [1.54, 1.807) is 38.1 Å². The number of rotatable bonds is 6. The summed E-state index contributed by atoms with van der Waals surface area (Å²) in [6.45, 7) is 5.53. The fourth-order valence-corrected chi connectivity index (χ4v) is 3.61. The van der Waals surface area contributed by atoms with E-state index >= 15 is 0 Å². The lowest BCUT2D eigenvalue weighted by atomic mass is 10.1. The normalized spacial score (nSPS) is 11.1. The fraction of sp³-hybridized carbons (Fsp3) is 0.250. The third-order valence-electron chi connectivity index (χ3n) is 3.50. The van der Waals surface area contributed by atoms with Crippen LogP contribution in [0.1, 0.15) is 18.1 Å². The SMILES string of the molecule is CCOc1cccc(NS(=O)(=O)c2cc([N+](=O)[O-])cc(C)c2C)c1. The number of aryl methyl sites for hydroxylation is 1. The fourth-order valence-electron chi connectivity index (χ4n) is 2.22. The van der Waals surface area contributed by atoms with E-state index in [0.29, 0.717) is 29.2 Å². The van der Waals surface area contributed by atoms with Crippen LogP contribution in [0, 0.1) is 24.0 Å². The van der Waals surface area contributed by atoms with Crippen molar-refractivity contribution in [2.45, 2.75) is 25.7 Å². The van der Waals surface area contributed by atoms with Crippen LogP contribution in [0.5, 0.6) is 5.75 Å². The first kappa shape index (κ1) is 17.7. The Balaban J connectivity index is 2.44. The summed E-state index contributed by atoms with van der Waals surface area (Å²) in [6, 6.07) is 8.93. The zero-order valence-electron chi connectivity index (χ0n) is 13.6. The standard InChI is InChI=1S/C16H18N2O5S/c1-4-23-15-7-5-6-13(9-15)17-24(21,22)16-10-14(18(19)20)8-11(2)12(16)3/h5-10,17H,4H2,1-3H3. The van der Waals surface area contributed by atoms with Crippen molar-refractivity contribution < 1.29 is 18.1 Å². The zero-order chi connectivity index (χ0) is 17.9. The topological polar surface area (TPSA) is 98.5 Å². The van der Waals surface area contributed by atoms with Gasteiger partial charge in [0, 0.05) is 18.2 Å². The first-order chi connectivity index (χ1) is 11.2. The largest absolute Gasteiger partial charge is 0.494 e. The molecule has 0 heterocycles. The summed E-state index contributed by atoms with van der Waals surface area (Å²) in [4.78, 5) is 10.3. The van der Waals surface area contributed by atoms with Gasteiger partial charge in [0.15, 0.2) is 0 Å². The number of nitro benzene ring substituents is 1. The molecule has 0 bridgehead atoms. The summed E-state index contributed by atoms with van der Waals surface area (Å²) < 4.78 is 33.1. The Morgan fingerprint density at radius 2 is 1.92 bits per heavy atom. The highest BCUT2D eigenvalue weighted by Gasteiger charge is 2.22. The molecule has 128 valence electrons. The van der Waals surface area contributed by atoms with Crippen molar-refractivity contribution in [3.05, 3.63) is 57.6 Å². The first-order valence-electron chi connectivity index (χ1n) is 7.26. The summed E-state index contributed by atoms with van der Waals surface area (Å²) in [7, 11) is -3.96. The molecule has 0 saturated heterocycles. The summed E-state index contributed by atoms with van der Waals surface area (Å²) in [5, 5.41) is 11.0. The minimum Gasteiger partial charge on any atom is -0.494 e. The number of sulfonamides is 1. The maximum atomic E-state index is 12.6. The van der Waals surface area contributed by atoms with E-state index in [2.05, 4.69) is 4.72 Å². The molecule has 2 aromatic carbocycles. The predicted octanol–water partition coefficient (Wildman–Crippen LogP) is 3.41. The maximum Gasteiger partial charge on any atom is 0.271 e. The van der Waals surface area contributed by atoms with E-state index in [0.717, 1.165) is 6.07 Å². The molecule has 1 N–H and O–H groups in total. The van der Waals surface area contributed by atoms with Crippen LogP contribution in [0.2, 0.25) is 0 Å². The monoisotopic (exact) mass is 350 g/mol. The molecule has 7 nitrogen and oxygen atoms in total. The van der Waals surface area contributed by atoms with Gasteiger partial charge in [-0.25, -0.2) is 8.42 Å². The number of nitrogens with one attached hydrogen (secondary N) is 1. The number of nitrogens with zero attached hydrogens (tertiary/aromatic N) is 1. The molecule has 0 aliphatic heterocycles. The van der Waals surface area contributed by atoms with E-state index in [9.17, 15) is 18.5 Å². The molecule has 2 aromatic rings. The van der Waals surface area contributed by atoms with Crippen molar-refractivity contribution in [2.75, 3.05) is 11.3 Å². The number of non-ortho nitro benzene ring substituents is 1. The van der Waals surface area contributed by atoms with Gasteiger partial charge in [-0.05, 0) is 44.0 Å². The molecule has 0 fully saturated rings. The molecule has 0 aliphatic rings. The second kappa shape index (κ2) is 6.88. The molecule has 0 saturated carbocycles. The Kier molecular flexibility index (Phi) is 5.08. The molecule has 0 atom stereocenters. The number of anilines is 1. The van der Waals surface area contributed by atoms with Gasteiger partial charge in [-0.3, -0.25) is 14.8 Å². The van der Waals surface area contributed by atoms with Crippen LogP contribution in [0.3, 0.4) is 0 Å². The van der Waals surface area contributed by atoms with Crippen LogP contribution in [0.15, 0.2) is 41.3 Å². The van der Waals surface area contributed by atoms with Gasteiger partial charge < -0.3 is 4.74 Å². The highest BCUT2D eigenvalue weighted by molar-refractivity contribution is 7.92. The Bertz CT molecular complexity index is 878. The Morgan fingerprint density at radius 1 is 1.21 bits per heavy atom. The third-order valence-corrected chi connectivity index (χ3v) is 5.01. The van der Waals surface area contributed by atoms with E-state index < -0.39 is 14.9 Å². The van der Waals surface area contributed by atoms with E-state index in [1.165, 1.54) is 6.07 Å². The van der Waals surface area contributed by atoms with Crippen LogP contribution in [-0.4, -0.2) is 19.9 Å². The van der Waals surface area contributed by atoms with Crippen molar-refractivity contribution in [1.82, 2.24) is 0 Å². The predicted molar refractivity (Wildman–Crippen MR) is 91.0 cm³/mol. The second-order valence-electron chi connectivity index (χ2n) is 5.21. The van der Waals surface area contributed by atoms with Gasteiger partial charge in [0.25, 0.3) is 15.7 Å². The molecule has 24 heavy (non-hydrogen) atoms. The van der Waals surface area contributed by atoms with Crippen LogP contribution in [0.4, 0.5) is 11.4 Å². The van der Waals surface area contributed by atoms with Crippen LogP contribution < -0.4 is 9.46 Å². The average molecular weight is 350 g/mol. The van der Waals surface area contributed by atoms with Crippen molar-refractivity contribution in [1.29, 1.82) is 0 Å². The Morgan fingerprint density at radius 3 is 2.54 bits per heavy atom. The quantitative estimate of drug-likeness (QED) is 0.636. The molecule has 0 radical (unpaired) electrons. The smallest absolute Gasteiger partial charge is 0.271 e. The number of benzene rings is 2. The Hall–Kier alpha value is -2.61. The van der Waals surface area contributed by atoms with Gasteiger partial charge in [0.1, 0.15) is 5.75 Å². The van der Waals surface area contributed by atoms with E-state index in [-0.39, 0.29) is 10.6 Å². The molecule has 0 amide bonds. The van der Waals surface area contributed by atoms with Crippen molar-refractivity contribution >= 4 is 21.4 Å². The average Bonchev–Trinajstić information content (AvgIpc) is 2.49. The summed E-state index contributed by atoms with van der Waals surface area (Å²) >= 11 is 0. The summed E-state index contributed by atoms with van der Waals surface area (Å²) in [5.74, 6) is 0.532. The lowest BCUT2D eigenvalue weighted by molar-refractivity contribution is -0.385. The highest BCUT2D eigenvalue weighted by atomic mass is 32.2. The minimum absolute atomic E-state index is 0.115.